The van der Waals surface area contributed by atoms with Gasteiger partial charge in [0.05, 0.1) is 0 Å². The van der Waals surface area contributed by atoms with Gasteiger partial charge in [0, 0.05) is 5.02 Å². The number of hydrogen-bond donors (Lipinski definition) is 0. The van der Waals surface area contributed by atoms with E-state index in [9.17, 15) is 13.2 Å². The third kappa shape index (κ3) is 5.08. The maximum absolute atomic E-state index is 11.8. The highest BCUT2D eigenvalue weighted by molar-refractivity contribution is 6.30. The molecule has 0 bridgehead atoms. The molecule has 0 aromatic heterocycles. The van der Waals surface area contributed by atoms with Gasteiger partial charge in [-0.25, -0.2) is 0 Å². The zero-order valence-corrected chi connectivity index (χ0v) is 9.79. The van der Waals surface area contributed by atoms with Gasteiger partial charge in [-0.1, -0.05) is 35.8 Å². The fraction of sp³-hybridized carbons (Fsp3) is 0.364. The summed E-state index contributed by atoms with van der Waals surface area (Å²) in [5.74, 6) is 0. The van der Waals surface area contributed by atoms with Gasteiger partial charge in [-0.05, 0) is 24.1 Å². The van der Waals surface area contributed by atoms with Gasteiger partial charge in [0.2, 0.25) is 0 Å². The van der Waals surface area contributed by atoms with Gasteiger partial charge in [-0.2, -0.15) is 13.2 Å². The summed E-state index contributed by atoms with van der Waals surface area (Å²) in [6, 6.07) is 6.69. The lowest BCUT2D eigenvalue weighted by Crippen LogP contribution is -2.09. The van der Waals surface area contributed by atoms with Crippen LogP contribution in [0, 0.1) is 0 Å². The Kier molecular flexibility index (Phi) is 4.81. The number of nitrogens with zero attached hydrogens (tertiary/aromatic N) is 1. The molecule has 0 heterocycles. The third-order valence-electron chi connectivity index (χ3n) is 2.00. The average Bonchev–Trinajstić information content (AvgIpc) is 2.24. The number of benzene rings is 1. The van der Waals surface area contributed by atoms with Gasteiger partial charge in [0.1, 0.15) is 6.21 Å². The third-order valence-corrected chi connectivity index (χ3v) is 2.25. The molecule has 0 amide bonds. The Morgan fingerprint density at radius 2 is 1.94 bits per heavy atom. The van der Waals surface area contributed by atoms with Crippen molar-refractivity contribution < 1.29 is 18.0 Å². The predicted octanol–water partition coefficient (Wildman–Crippen LogP) is 4.36. The van der Waals surface area contributed by atoms with E-state index < -0.39 is 12.3 Å². The van der Waals surface area contributed by atoms with Crippen molar-refractivity contribution in [2.24, 2.45) is 5.16 Å². The smallest absolute Gasteiger partial charge is 0.388 e. The largest absolute Gasteiger partial charge is 0.429 e. The van der Waals surface area contributed by atoms with Gasteiger partial charge >= 0.3 is 6.18 Å². The van der Waals surface area contributed by atoms with E-state index in [0.717, 1.165) is 5.56 Å². The molecule has 94 valence electrons. The fourth-order valence-electron chi connectivity index (χ4n) is 1.21. The minimum absolute atomic E-state index is 0.175. The number of oxime groups is 1. The quantitative estimate of drug-likeness (QED) is 0.586. The second kappa shape index (κ2) is 5.91. The zero-order valence-electron chi connectivity index (χ0n) is 9.04. The number of rotatable bonds is 4. The van der Waals surface area contributed by atoms with Crippen LogP contribution < -0.4 is 0 Å². The van der Waals surface area contributed by atoms with Gasteiger partial charge in [-0.3, -0.25) is 0 Å². The molecule has 0 spiro atoms. The van der Waals surface area contributed by atoms with Crippen molar-refractivity contribution in [1.82, 2.24) is 0 Å². The van der Waals surface area contributed by atoms with Gasteiger partial charge in [0.25, 0.3) is 0 Å². The van der Waals surface area contributed by atoms with Crippen molar-refractivity contribution in [3.05, 3.63) is 34.9 Å². The van der Waals surface area contributed by atoms with E-state index in [4.69, 9.17) is 16.4 Å². The number of halogens is 4. The van der Waals surface area contributed by atoms with Crippen LogP contribution in [0.3, 0.4) is 0 Å². The normalized spacial score (nSPS) is 13.9. The molecular formula is C11H11ClF3NO. The molecule has 0 saturated heterocycles. The minimum Gasteiger partial charge on any atom is -0.388 e. The maximum atomic E-state index is 11.8. The van der Waals surface area contributed by atoms with Crippen molar-refractivity contribution in [3.8, 4) is 0 Å². The lowest BCUT2D eigenvalue weighted by Gasteiger charge is -2.13. The Morgan fingerprint density at radius 3 is 2.41 bits per heavy atom. The first kappa shape index (κ1) is 13.8. The first-order valence-electron chi connectivity index (χ1n) is 4.95. The Balaban J connectivity index is 2.66. The van der Waals surface area contributed by atoms with E-state index in [-0.39, 0.29) is 6.21 Å². The lowest BCUT2D eigenvalue weighted by molar-refractivity contribution is -0.0586. The molecule has 6 heteroatoms. The molecule has 1 aromatic carbocycles. The van der Waals surface area contributed by atoms with Crippen LogP contribution in [0.2, 0.25) is 5.02 Å². The van der Waals surface area contributed by atoms with Crippen molar-refractivity contribution >= 4 is 17.8 Å². The van der Waals surface area contributed by atoms with Crippen LogP contribution in [0.15, 0.2) is 29.4 Å². The van der Waals surface area contributed by atoms with E-state index in [2.05, 4.69) is 5.16 Å². The van der Waals surface area contributed by atoms with E-state index in [1.165, 1.54) is 0 Å². The minimum atomic E-state index is -4.46. The van der Waals surface area contributed by atoms with Crippen molar-refractivity contribution in [3.63, 3.8) is 0 Å². The van der Waals surface area contributed by atoms with E-state index >= 15 is 0 Å². The molecule has 0 N–H and O–H groups in total. The van der Waals surface area contributed by atoms with Gasteiger partial charge in [0.15, 0.2) is 6.10 Å². The SMILES string of the molecule is CCC(ON=CC(F)(F)F)c1ccc(Cl)cc1. The Morgan fingerprint density at radius 1 is 1.35 bits per heavy atom. The van der Waals surface area contributed by atoms with Crippen molar-refractivity contribution in [2.45, 2.75) is 25.6 Å². The molecular weight excluding hydrogens is 255 g/mol. The molecule has 1 rings (SSSR count). The summed E-state index contributed by atoms with van der Waals surface area (Å²) in [4.78, 5) is 4.80. The number of hydrogen-bond acceptors (Lipinski definition) is 2. The standard InChI is InChI=1S/C11H11ClF3NO/c1-2-10(17-16-7-11(13,14)15)8-3-5-9(12)6-4-8/h3-7,10H,2H2,1H3. The fourth-order valence-corrected chi connectivity index (χ4v) is 1.34. The predicted molar refractivity (Wildman–Crippen MR) is 60.1 cm³/mol. The van der Waals surface area contributed by atoms with E-state index in [0.29, 0.717) is 11.4 Å². The van der Waals surface area contributed by atoms with Crippen LogP contribution in [-0.2, 0) is 4.84 Å². The zero-order chi connectivity index (χ0) is 12.9. The highest BCUT2D eigenvalue weighted by Crippen LogP contribution is 2.23. The summed E-state index contributed by atoms with van der Waals surface area (Å²) in [6.45, 7) is 1.79. The lowest BCUT2D eigenvalue weighted by atomic mass is 10.1. The summed E-state index contributed by atoms with van der Waals surface area (Å²) in [5, 5.41) is 3.49. The van der Waals surface area contributed by atoms with Gasteiger partial charge in [-0.15, -0.1) is 0 Å². The molecule has 1 aromatic rings. The van der Waals surface area contributed by atoms with Crippen molar-refractivity contribution in [2.75, 3.05) is 0 Å². The summed E-state index contributed by atoms with van der Waals surface area (Å²) < 4.78 is 35.5. The van der Waals surface area contributed by atoms with Crippen LogP contribution in [0.4, 0.5) is 13.2 Å². The van der Waals surface area contributed by atoms with Crippen molar-refractivity contribution in [1.29, 1.82) is 0 Å². The molecule has 2 nitrogen and oxygen atoms in total. The van der Waals surface area contributed by atoms with Crippen LogP contribution in [0.1, 0.15) is 25.0 Å². The van der Waals surface area contributed by atoms with Crippen LogP contribution in [-0.4, -0.2) is 12.4 Å². The summed E-state index contributed by atoms with van der Waals surface area (Å²) >= 11 is 5.70. The molecule has 17 heavy (non-hydrogen) atoms. The second-order valence-corrected chi connectivity index (χ2v) is 3.77. The van der Waals surface area contributed by atoms with E-state index in [1.807, 2.05) is 0 Å². The number of alkyl halides is 3. The van der Waals surface area contributed by atoms with Crippen LogP contribution >= 0.6 is 11.6 Å². The Bertz CT molecular complexity index is 375. The van der Waals surface area contributed by atoms with Crippen LogP contribution in [0.5, 0.6) is 0 Å². The highest BCUT2D eigenvalue weighted by atomic mass is 35.5. The summed E-state index contributed by atoms with van der Waals surface area (Å²) in [6.07, 6.45) is -4.63. The molecule has 0 fully saturated rings. The first-order chi connectivity index (χ1) is 7.92. The van der Waals surface area contributed by atoms with E-state index in [1.54, 1.807) is 31.2 Å². The molecule has 0 radical (unpaired) electrons. The summed E-state index contributed by atoms with van der Waals surface area (Å²) in [5.41, 5.74) is 0.733. The Labute approximate surface area is 102 Å². The average molecular weight is 266 g/mol. The molecule has 0 aliphatic carbocycles. The van der Waals surface area contributed by atoms with Crippen LogP contribution in [0.25, 0.3) is 0 Å². The molecule has 1 unspecified atom stereocenters. The second-order valence-electron chi connectivity index (χ2n) is 3.33. The topological polar surface area (TPSA) is 21.6 Å². The maximum Gasteiger partial charge on any atom is 0.429 e. The molecule has 1 atom stereocenters. The highest BCUT2D eigenvalue weighted by Gasteiger charge is 2.24. The first-order valence-corrected chi connectivity index (χ1v) is 5.32. The van der Waals surface area contributed by atoms with Gasteiger partial charge < -0.3 is 4.84 Å². The molecule has 0 saturated carbocycles. The molecule has 0 aliphatic rings. The Hall–Kier alpha value is -1.23. The summed E-state index contributed by atoms with van der Waals surface area (Å²) in [7, 11) is 0. The molecule has 0 aliphatic heterocycles. The monoisotopic (exact) mass is 265 g/mol.